The SMILES string of the molecule is O=C(Cc1ccc2c(c1)N(S(=O)(=O)c1ccc(F)cc1)CCO2)c1c(F)cccc1Cl. The van der Waals surface area contributed by atoms with Gasteiger partial charge in [-0.25, -0.2) is 17.2 Å². The zero-order valence-corrected chi connectivity index (χ0v) is 17.6. The van der Waals surface area contributed by atoms with E-state index in [1.807, 2.05) is 0 Å². The minimum atomic E-state index is -3.98. The lowest BCUT2D eigenvalue weighted by molar-refractivity contribution is 0.0989. The fourth-order valence-corrected chi connectivity index (χ4v) is 5.09. The van der Waals surface area contributed by atoms with E-state index in [0.29, 0.717) is 11.3 Å². The molecule has 0 bridgehead atoms. The molecule has 31 heavy (non-hydrogen) atoms. The van der Waals surface area contributed by atoms with Crippen molar-refractivity contribution in [3.63, 3.8) is 0 Å². The Balaban J connectivity index is 1.68. The van der Waals surface area contributed by atoms with E-state index in [4.69, 9.17) is 16.3 Å². The number of rotatable bonds is 5. The fraction of sp³-hybridized carbons (Fsp3) is 0.136. The van der Waals surface area contributed by atoms with Crippen LogP contribution >= 0.6 is 11.6 Å². The fourth-order valence-electron chi connectivity index (χ4n) is 3.37. The van der Waals surface area contributed by atoms with Crippen molar-refractivity contribution in [2.45, 2.75) is 11.3 Å². The molecule has 0 atom stereocenters. The van der Waals surface area contributed by atoms with E-state index in [2.05, 4.69) is 0 Å². The average Bonchev–Trinajstić information content (AvgIpc) is 2.73. The normalized spacial score (nSPS) is 13.5. The number of carbonyl (C=O) groups excluding carboxylic acids is 1. The maximum Gasteiger partial charge on any atom is 0.264 e. The van der Waals surface area contributed by atoms with E-state index in [0.717, 1.165) is 22.5 Å². The number of carbonyl (C=O) groups is 1. The number of ketones is 1. The van der Waals surface area contributed by atoms with Crippen LogP contribution in [0.15, 0.2) is 65.6 Å². The summed E-state index contributed by atoms with van der Waals surface area (Å²) in [5, 5.41) is 0.00630. The van der Waals surface area contributed by atoms with Gasteiger partial charge in [-0.05, 0) is 54.1 Å². The molecular formula is C22H16ClF2NO4S. The lowest BCUT2D eigenvalue weighted by Crippen LogP contribution is -2.38. The first-order chi connectivity index (χ1) is 14.8. The van der Waals surface area contributed by atoms with Gasteiger partial charge in [0, 0.05) is 6.42 Å². The highest BCUT2D eigenvalue weighted by molar-refractivity contribution is 7.92. The maximum absolute atomic E-state index is 14.1. The van der Waals surface area contributed by atoms with Gasteiger partial charge in [-0.2, -0.15) is 0 Å². The summed E-state index contributed by atoms with van der Waals surface area (Å²) in [6, 6.07) is 13.2. The number of hydrogen-bond donors (Lipinski definition) is 0. The second-order valence-corrected chi connectivity index (χ2v) is 9.15. The minimum absolute atomic E-state index is 0.00630. The summed E-state index contributed by atoms with van der Waals surface area (Å²) >= 11 is 5.97. The lowest BCUT2D eigenvalue weighted by Gasteiger charge is -2.31. The largest absolute Gasteiger partial charge is 0.489 e. The van der Waals surface area contributed by atoms with Crippen LogP contribution in [0, 0.1) is 11.6 Å². The number of fused-ring (bicyclic) bond motifs is 1. The summed E-state index contributed by atoms with van der Waals surface area (Å²) in [7, 11) is -3.98. The van der Waals surface area contributed by atoms with Gasteiger partial charge in [0.2, 0.25) is 0 Å². The first kappa shape index (κ1) is 21.3. The minimum Gasteiger partial charge on any atom is -0.489 e. The van der Waals surface area contributed by atoms with E-state index in [1.54, 1.807) is 12.1 Å². The van der Waals surface area contributed by atoms with Crippen molar-refractivity contribution in [2.24, 2.45) is 0 Å². The molecule has 0 N–H and O–H groups in total. The van der Waals surface area contributed by atoms with Crippen molar-refractivity contribution in [3.8, 4) is 5.75 Å². The summed E-state index contributed by atoms with van der Waals surface area (Å²) < 4.78 is 60.3. The first-order valence-corrected chi connectivity index (χ1v) is 11.1. The molecule has 0 fully saturated rings. The second kappa shape index (κ2) is 8.28. The highest BCUT2D eigenvalue weighted by Gasteiger charge is 2.30. The quantitative estimate of drug-likeness (QED) is 0.517. The molecule has 0 saturated carbocycles. The third kappa shape index (κ3) is 4.13. The highest BCUT2D eigenvalue weighted by Crippen LogP contribution is 2.36. The van der Waals surface area contributed by atoms with E-state index in [1.165, 1.54) is 30.3 Å². The van der Waals surface area contributed by atoms with Crippen LogP contribution in [0.3, 0.4) is 0 Å². The molecule has 1 heterocycles. The van der Waals surface area contributed by atoms with E-state index < -0.39 is 27.4 Å². The van der Waals surface area contributed by atoms with Crippen LogP contribution in [0.1, 0.15) is 15.9 Å². The molecule has 3 aromatic rings. The number of hydrogen-bond acceptors (Lipinski definition) is 4. The van der Waals surface area contributed by atoms with Crippen molar-refractivity contribution in [1.29, 1.82) is 0 Å². The smallest absolute Gasteiger partial charge is 0.264 e. The zero-order valence-electron chi connectivity index (χ0n) is 16.0. The molecule has 9 heteroatoms. The lowest BCUT2D eigenvalue weighted by atomic mass is 10.0. The monoisotopic (exact) mass is 463 g/mol. The molecular weight excluding hydrogens is 448 g/mol. The Bertz CT molecular complexity index is 1240. The van der Waals surface area contributed by atoms with Crippen LogP contribution in [0.25, 0.3) is 0 Å². The molecule has 0 spiro atoms. The molecule has 0 saturated heterocycles. The van der Waals surface area contributed by atoms with Gasteiger partial charge in [-0.3, -0.25) is 9.10 Å². The summed E-state index contributed by atoms with van der Waals surface area (Å²) in [5.74, 6) is -1.47. The highest BCUT2D eigenvalue weighted by atomic mass is 35.5. The third-order valence-corrected chi connectivity index (χ3v) is 6.99. The van der Waals surface area contributed by atoms with Crippen LogP contribution in [0.5, 0.6) is 5.75 Å². The number of benzene rings is 3. The molecule has 0 aromatic heterocycles. The second-order valence-electron chi connectivity index (χ2n) is 6.88. The Kier molecular flexibility index (Phi) is 5.68. The Morgan fingerprint density at radius 3 is 2.52 bits per heavy atom. The molecule has 3 aromatic carbocycles. The van der Waals surface area contributed by atoms with Crippen LogP contribution in [0.4, 0.5) is 14.5 Å². The van der Waals surface area contributed by atoms with Crippen molar-refractivity contribution in [3.05, 3.63) is 88.4 Å². The Morgan fingerprint density at radius 1 is 1.06 bits per heavy atom. The van der Waals surface area contributed by atoms with Gasteiger partial charge >= 0.3 is 0 Å². The number of ether oxygens (including phenoxy) is 1. The van der Waals surface area contributed by atoms with E-state index in [-0.39, 0.29) is 40.7 Å². The van der Waals surface area contributed by atoms with Gasteiger partial charge < -0.3 is 4.74 Å². The molecule has 1 aliphatic rings. The molecule has 5 nitrogen and oxygen atoms in total. The van der Waals surface area contributed by atoms with E-state index >= 15 is 0 Å². The average molecular weight is 464 g/mol. The van der Waals surface area contributed by atoms with Crippen molar-refractivity contribution in [1.82, 2.24) is 0 Å². The summed E-state index contributed by atoms with van der Waals surface area (Å²) in [6.07, 6.45) is -0.182. The van der Waals surface area contributed by atoms with Crippen LogP contribution in [-0.2, 0) is 16.4 Å². The number of nitrogens with zero attached hydrogens (tertiary/aromatic N) is 1. The zero-order chi connectivity index (χ0) is 22.2. The number of anilines is 1. The van der Waals surface area contributed by atoms with Gasteiger partial charge in [0.05, 0.1) is 27.7 Å². The Labute approximate surface area is 182 Å². The van der Waals surface area contributed by atoms with Crippen molar-refractivity contribution in [2.75, 3.05) is 17.5 Å². The van der Waals surface area contributed by atoms with Gasteiger partial charge in [-0.15, -0.1) is 0 Å². The molecule has 0 unspecified atom stereocenters. The van der Waals surface area contributed by atoms with Gasteiger partial charge in [-0.1, -0.05) is 23.7 Å². The molecule has 4 rings (SSSR count). The standard InChI is InChI=1S/C22H16ClF2NO4S/c23-17-2-1-3-18(25)22(17)20(27)13-14-4-9-21-19(12-14)26(10-11-30-21)31(28,29)16-7-5-15(24)6-8-16/h1-9,12H,10-11,13H2. The number of sulfonamides is 1. The molecule has 0 aliphatic carbocycles. The number of Topliss-reactive ketones (excluding diaryl/α,β-unsaturated/α-hetero) is 1. The third-order valence-electron chi connectivity index (χ3n) is 4.85. The predicted molar refractivity (Wildman–Crippen MR) is 112 cm³/mol. The van der Waals surface area contributed by atoms with E-state index in [9.17, 15) is 22.0 Å². The van der Waals surface area contributed by atoms with Gasteiger partial charge in [0.15, 0.2) is 5.78 Å². The predicted octanol–water partition coefficient (Wildman–Crippen LogP) is 4.63. The Hall–Kier alpha value is -2.97. The summed E-state index contributed by atoms with van der Waals surface area (Å²) in [4.78, 5) is 12.6. The first-order valence-electron chi connectivity index (χ1n) is 9.28. The van der Waals surface area contributed by atoms with Crippen LogP contribution in [0.2, 0.25) is 5.02 Å². The Morgan fingerprint density at radius 2 is 1.81 bits per heavy atom. The molecule has 160 valence electrons. The molecule has 0 radical (unpaired) electrons. The maximum atomic E-state index is 14.1. The van der Waals surface area contributed by atoms with Gasteiger partial charge in [0.1, 0.15) is 24.0 Å². The van der Waals surface area contributed by atoms with Crippen LogP contribution in [-0.4, -0.2) is 27.4 Å². The van der Waals surface area contributed by atoms with Crippen molar-refractivity contribution >= 4 is 33.1 Å². The molecule has 1 aliphatic heterocycles. The van der Waals surface area contributed by atoms with Crippen molar-refractivity contribution < 1.29 is 26.7 Å². The van der Waals surface area contributed by atoms with Crippen LogP contribution < -0.4 is 9.04 Å². The molecule has 0 amide bonds. The topological polar surface area (TPSA) is 63.7 Å². The number of halogens is 3. The summed E-state index contributed by atoms with van der Waals surface area (Å²) in [6.45, 7) is 0.180. The summed E-state index contributed by atoms with van der Waals surface area (Å²) in [5.41, 5.74) is 0.502. The van der Waals surface area contributed by atoms with Gasteiger partial charge in [0.25, 0.3) is 10.0 Å².